The molecule has 1 heterocycles. The van der Waals surface area contributed by atoms with Gasteiger partial charge in [-0.25, -0.2) is 0 Å². The smallest absolute Gasteiger partial charge is 0.101 e. The molecule has 0 bridgehead atoms. The van der Waals surface area contributed by atoms with Crippen LogP contribution >= 0.6 is 0 Å². The SMILES string of the molecule is CCCCCCCCCCCCCC1N(CCCCCCCCCC)C=CN1CCCCCCCCCC. The summed E-state index contributed by atoms with van der Waals surface area (Å²) in [5.74, 6) is 0. The molecule has 38 heavy (non-hydrogen) atoms. The lowest BCUT2D eigenvalue weighted by atomic mass is 10.0. The summed E-state index contributed by atoms with van der Waals surface area (Å²) in [5.41, 5.74) is 0. The Morgan fingerprint density at radius 1 is 0.342 bits per heavy atom. The van der Waals surface area contributed by atoms with Gasteiger partial charge in [0.2, 0.25) is 0 Å². The maximum absolute atomic E-state index is 2.71. The van der Waals surface area contributed by atoms with Gasteiger partial charge in [0.1, 0.15) is 6.17 Å². The first-order valence-electron chi connectivity index (χ1n) is 18.0. The van der Waals surface area contributed by atoms with Crippen molar-refractivity contribution in [3.63, 3.8) is 0 Å². The van der Waals surface area contributed by atoms with E-state index in [1.165, 1.54) is 193 Å². The van der Waals surface area contributed by atoms with E-state index in [1.807, 2.05) is 0 Å². The molecule has 0 fully saturated rings. The van der Waals surface area contributed by atoms with Crippen LogP contribution < -0.4 is 0 Å². The first kappa shape index (κ1) is 35.4. The van der Waals surface area contributed by atoms with Gasteiger partial charge in [0.25, 0.3) is 0 Å². The minimum absolute atomic E-state index is 0.641. The van der Waals surface area contributed by atoms with E-state index in [1.54, 1.807) is 0 Å². The fourth-order valence-corrected chi connectivity index (χ4v) is 6.19. The lowest BCUT2D eigenvalue weighted by Crippen LogP contribution is -2.39. The first-order chi connectivity index (χ1) is 18.8. The van der Waals surface area contributed by atoms with E-state index in [0.717, 1.165) is 0 Å². The zero-order valence-corrected chi connectivity index (χ0v) is 26.8. The fourth-order valence-electron chi connectivity index (χ4n) is 6.19. The summed E-state index contributed by atoms with van der Waals surface area (Å²) in [6.07, 6.45) is 45.4. The Kier molecular flexibility index (Phi) is 26.0. The van der Waals surface area contributed by atoms with Crippen LogP contribution in [0.2, 0.25) is 0 Å². The maximum Gasteiger partial charge on any atom is 0.101 e. The molecule has 0 aromatic carbocycles. The Balaban J connectivity index is 2.25. The predicted molar refractivity (Wildman–Crippen MR) is 173 cm³/mol. The van der Waals surface area contributed by atoms with E-state index in [9.17, 15) is 0 Å². The summed E-state index contributed by atoms with van der Waals surface area (Å²) in [7, 11) is 0. The minimum Gasteiger partial charge on any atom is -0.356 e. The molecule has 1 aliphatic rings. The fraction of sp³-hybridized carbons (Fsp3) is 0.944. The van der Waals surface area contributed by atoms with Crippen LogP contribution in [0.15, 0.2) is 12.4 Å². The molecular weight excluding hydrogens is 460 g/mol. The van der Waals surface area contributed by atoms with Crippen LogP contribution in [-0.4, -0.2) is 29.1 Å². The van der Waals surface area contributed by atoms with Crippen LogP contribution in [-0.2, 0) is 0 Å². The van der Waals surface area contributed by atoms with Gasteiger partial charge in [-0.05, 0) is 25.7 Å². The highest BCUT2D eigenvalue weighted by Crippen LogP contribution is 2.24. The van der Waals surface area contributed by atoms with Gasteiger partial charge in [0.15, 0.2) is 0 Å². The molecule has 2 heteroatoms. The number of nitrogens with zero attached hydrogens (tertiary/aromatic N) is 2. The lowest BCUT2D eigenvalue weighted by Gasteiger charge is -2.33. The zero-order valence-electron chi connectivity index (χ0n) is 26.8. The Hall–Kier alpha value is -0.660. The second kappa shape index (κ2) is 27.9. The maximum atomic E-state index is 2.71. The van der Waals surface area contributed by atoms with Gasteiger partial charge >= 0.3 is 0 Å². The van der Waals surface area contributed by atoms with E-state index in [0.29, 0.717) is 6.17 Å². The molecular formula is C36H72N2. The molecule has 0 aliphatic carbocycles. The van der Waals surface area contributed by atoms with Gasteiger partial charge in [-0.3, -0.25) is 0 Å². The molecule has 226 valence electrons. The van der Waals surface area contributed by atoms with Gasteiger partial charge in [0.05, 0.1) is 0 Å². The van der Waals surface area contributed by atoms with Crippen LogP contribution in [0.3, 0.4) is 0 Å². The molecule has 0 saturated carbocycles. The molecule has 1 aliphatic heterocycles. The molecule has 0 atom stereocenters. The van der Waals surface area contributed by atoms with Gasteiger partial charge in [-0.2, -0.15) is 0 Å². The van der Waals surface area contributed by atoms with Crippen LogP contribution in [0.4, 0.5) is 0 Å². The minimum atomic E-state index is 0.641. The van der Waals surface area contributed by atoms with E-state index in [2.05, 4.69) is 43.0 Å². The van der Waals surface area contributed by atoms with Crippen molar-refractivity contribution in [3.05, 3.63) is 12.4 Å². The summed E-state index contributed by atoms with van der Waals surface area (Å²) in [4.78, 5) is 5.41. The largest absolute Gasteiger partial charge is 0.356 e. The second-order valence-corrected chi connectivity index (χ2v) is 12.5. The molecule has 1 rings (SSSR count). The summed E-state index contributed by atoms with van der Waals surface area (Å²) in [5, 5.41) is 0. The number of unbranched alkanes of at least 4 members (excludes halogenated alkanes) is 24. The van der Waals surface area contributed by atoms with Gasteiger partial charge in [0, 0.05) is 25.5 Å². The molecule has 0 saturated heterocycles. The highest BCUT2D eigenvalue weighted by Gasteiger charge is 2.24. The molecule has 0 unspecified atom stereocenters. The Morgan fingerprint density at radius 3 is 0.921 bits per heavy atom. The van der Waals surface area contributed by atoms with Crippen molar-refractivity contribution >= 4 is 0 Å². The highest BCUT2D eigenvalue weighted by molar-refractivity contribution is 4.97. The van der Waals surface area contributed by atoms with E-state index < -0.39 is 0 Å². The van der Waals surface area contributed by atoms with Gasteiger partial charge in [-0.15, -0.1) is 0 Å². The molecule has 0 aromatic rings. The molecule has 0 aromatic heterocycles. The second-order valence-electron chi connectivity index (χ2n) is 12.5. The average molecular weight is 533 g/mol. The highest BCUT2D eigenvalue weighted by atomic mass is 15.4. The lowest BCUT2D eigenvalue weighted by molar-refractivity contribution is 0.135. The van der Waals surface area contributed by atoms with Gasteiger partial charge < -0.3 is 9.80 Å². The third-order valence-electron chi connectivity index (χ3n) is 8.82. The van der Waals surface area contributed by atoms with Crippen LogP contribution in [0.5, 0.6) is 0 Å². The predicted octanol–water partition coefficient (Wildman–Crippen LogP) is 12.4. The Bertz CT molecular complexity index is 458. The summed E-state index contributed by atoms with van der Waals surface area (Å²) >= 11 is 0. The zero-order chi connectivity index (χ0) is 27.4. The molecule has 0 spiro atoms. The van der Waals surface area contributed by atoms with E-state index in [-0.39, 0.29) is 0 Å². The molecule has 0 radical (unpaired) electrons. The van der Waals surface area contributed by atoms with Crippen LogP contribution in [0.1, 0.15) is 201 Å². The van der Waals surface area contributed by atoms with Crippen LogP contribution in [0.25, 0.3) is 0 Å². The normalized spacial score (nSPS) is 13.9. The van der Waals surface area contributed by atoms with E-state index >= 15 is 0 Å². The van der Waals surface area contributed by atoms with Crippen LogP contribution in [0, 0.1) is 0 Å². The summed E-state index contributed by atoms with van der Waals surface area (Å²) < 4.78 is 0. The van der Waals surface area contributed by atoms with Crippen molar-refractivity contribution in [1.29, 1.82) is 0 Å². The monoisotopic (exact) mass is 533 g/mol. The third-order valence-corrected chi connectivity index (χ3v) is 8.82. The van der Waals surface area contributed by atoms with Crippen molar-refractivity contribution in [2.24, 2.45) is 0 Å². The van der Waals surface area contributed by atoms with Crippen molar-refractivity contribution in [2.75, 3.05) is 13.1 Å². The van der Waals surface area contributed by atoms with Crippen molar-refractivity contribution < 1.29 is 0 Å². The number of hydrogen-bond donors (Lipinski definition) is 0. The standard InChI is InChI=1S/C36H72N2/c1-4-7-10-13-16-19-20-21-22-25-28-31-36-37(32-29-26-23-17-14-11-8-5-2)34-35-38(36)33-30-27-24-18-15-12-9-6-3/h34-36H,4-33H2,1-3H3. The summed E-state index contributed by atoms with van der Waals surface area (Å²) in [6.45, 7) is 9.47. The Morgan fingerprint density at radius 2 is 0.605 bits per heavy atom. The molecule has 0 amide bonds. The Labute approximate surface area is 241 Å². The molecule has 0 N–H and O–H groups in total. The summed E-state index contributed by atoms with van der Waals surface area (Å²) in [6, 6.07) is 0. The van der Waals surface area contributed by atoms with Crippen molar-refractivity contribution in [1.82, 2.24) is 9.80 Å². The van der Waals surface area contributed by atoms with Crippen molar-refractivity contribution in [2.45, 2.75) is 207 Å². The van der Waals surface area contributed by atoms with Gasteiger partial charge in [-0.1, -0.05) is 175 Å². The quantitative estimate of drug-likeness (QED) is 0.0848. The third kappa shape index (κ3) is 20.3. The van der Waals surface area contributed by atoms with E-state index in [4.69, 9.17) is 0 Å². The van der Waals surface area contributed by atoms with Crippen molar-refractivity contribution in [3.8, 4) is 0 Å². The molecule has 2 nitrogen and oxygen atoms in total. The average Bonchev–Trinajstić information content (AvgIpc) is 3.31. The topological polar surface area (TPSA) is 6.48 Å². The number of rotatable bonds is 30. The number of hydrogen-bond acceptors (Lipinski definition) is 2. The first-order valence-corrected chi connectivity index (χ1v) is 18.0.